The number of aryl methyl sites for hydroxylation is 2. The van der Waals surface area contributed by atoms with Gasteiger partial charge in [-0.1, -0.05) is 0 Å². The summed E-state index contributed by atoms with van der Waals surface area (Å²) in [6, 6.07) is 8.01. The van der Waals surface area contributed by atoms with Crippen LogP contribution in [0.25, 0.3) is 11.3 Å². The van der Waals surface area contributed by atoms with E-state index < -0.39 is 0 Å². The Morgan fingerprint density at radius 2 is 1.80 bits per heavy atom. The Balaban J connectivity index is 1.72. The molecule has 1 aromatic carbocycles. The molecule has 4 heteroatoms. The molecule has 0 aliphatic carbocycles. The summed E-state index contributed by atoms with van der Waals surface area (Å²) in [6.45, 7) is 5.40. The third kappa shape index (κ3) is 2.85. The second-order valence-corrected chi connectivity index (χ2v) is 5.10. The summed E-state index contributed by atoms with van der Waals surface area (Å²) in [5, 5.41) is 0. The summed E-state index contributed by atoms with van der Waals surface area (Å²) >= 11 is 0. The molecule has 106 valence electrons. The van der Waals surface area contributed by atoms with Gasteiger partial charge in [0.2, 0.25) is 0 Å². The Morgan fingerprint density at radius 3 is 2.40 bits per heavy atom. The summed E-state index contributed by atoms with van der Waals surface area (Å²) in [6.07, 6.45) is 2.19. The fraction of sp³-hybridized carbons (Fsp3) is 0.438. The second-order valence-electron chi connectivity index (χ2n) is 5.10. The van der Waals surface area contributed by atoms with E-state index in [-0.39, 0.29) is 6.10 Å². The molecule has 0 unspecified atom stereocenters. The van der Waals surface area contributed by atoms with Crippen LogP contribution in [0, 0.1) is 13.8 Å². The number of nitrogens with zero attached hydrogens (tertiary/aromatic N) is 1. The van der Waals surface area contributed by atoms with Crippen LogP contribution >= 0.6 is 0 Å². The van der Waals surface area contributed by atoms with E-state index in [4.69, 9.17) is 13.9 Å². The first-order valence-electron chi connectivity index (χ1n) is 7.01. The minimum absolute atomic E-state index is 0.267. The number of hydrogen-bond acceptors (Lipinski definition) is 4. The molecule has 0 N–H and O–H groups in total. The maximum Gasteiger partial charge on any atom is 0.192 e. The van der Waals surface area contributed by atoms with Crippen LogP contribution in [0.5, 0.6) is 5.75 Å². The Labute approximate surface area is 118 Å². The van der Waals surface area contributed by atoms with E-state index in [2.05, 4.69) is 4.98 Å². The topological polar surface area (TPSA) is 44.5 Å². The molecular weight excluding hydrogens is 254 g/mol. The number of oxazole rings is 1. The zero-order valence-corrected chi connectivity index (χ0v) is 11.9. The highest BCUT2D eigenvalue weighted by molar-refractivity contribution is 5.60. The van der Waals surface area contributed by atoms with Crippen LogP contribution < -0.4 is 4.74 Å². The highest BCUT2D eigenvalue weighted by Gasteiger charge is 2.15. The van der Waals surface area contributed by atoms with E-state index >= 15 is 0 Å². The highest BCUT2D eigenvalue weighted by Crippen LogP contribution is 2.27. The maximum absolute atomic E-state index is 5.96. The second kappa shape index (κ2) is 5.67. The fourth-order valence-electron chi connectivity index (χ4n) is 2.47. The van der Waals surface area contributed by atoms with Crippen LogP contribution in [0.4, 0.5) is 0 Å². The van der Waals surface area contributed by atoms with Gasteiger partial charge in [0.15, 0.2) is 11.7 Å². The van der Waals surface area contributed by atoms with Crippen LogP contribution in [0.1, 0.15) is 24.4 Å². The number of aromatic nitrogens is 1. The Hall–Kier alpha value is -1.81. The third-order valence-corrected chi connectivity index (χ3v) is 3.49. The van der Waals surface area contributed by atoms with Gasteiger partial charge in [-0.25, -0.2) is 4.98 Å². The lowest BCUT2D eigenvalue weighted by Gasteiger charge is -2.23. The maximum atomic E-state index is 5.96. The molecule has 3 rings (SSSR count). The van der Waals surface area contributed by atoms with Crippen molar-refractivity contribution in [3.05, 3.63) is 35.9 Å². The lowest BCUT2D eigenvalue weighted by atomic mass is 10.1. The summed E-state index contributed by atoms with van der Waals surface area (Å²) in [7, 11) is 0. The molecule has 4 nitrogen and oxygen atoms in total. The van der Waals surface area contributed by atoms with E-state index in [0.717, 1.165) is 48.8 Å². The molecule has 0 radical (unpaired) electrons. The van der Waals surface area contributed by atoms with Crippen molar-refractivity contribution in [3.8, 4) is 17.1 Å². The molecule has 2 aromatic rings. The molecule has 1 aliphatic heterocycles. The van der Waals surface area contributed by atoms with Crippen molar-refractivity contribution in [2.24, 2.45) is 0 Å². The molecule has 0 bridgehead atoms. The van der Waals surface area contributed by atoms with Crippen molar-refractivity contribution < 1.29 is 13.9 Å². The minimum atomic E-state index is 0.267. The van der Waals surface area contributed by atoms with Gasteiger partial charge in [0.25, 0.3) is 0 Å². The number of ether oxygens (including phenoxy) is 2. The molecule has 0 spiro atoms. The average molecular weight is 273 g/mol. The van der Waals surface area contributed by atoms with E-state index in [1.807, 2.05) is 38.1 Å². The minimum Gasteiger partial charge on any atom is -0.490 e. The van der Waals surface area contributed by atoms with Gasteiger partial charge in [-0.15, -0.1) is 0 Å². The van der Waals surface area contributed by atoms with E-state index in [1.165, 1.54) is 0 Å². The Kier molecular flexibility index (Phi) is 3.74. The molecular formula is C16H19NO3. The molecule has 1 saturated heterocycles. The zero-order valence-electron chi connectivity index (χ0n) is 11.9. The molecule has 2 heterocycles. The first kappa shape index (κ1) is 13.2. The van der Waals surface area contributed by atoms with Gasteiger partial charge in [-0.2, -0.15) is 0 Å². The molecule has 20 heavy (non-hydrogen) atoms. The summed E-state index contributed by atoms with van der Waals surface area (Å²) in [5.41, 5.74) is 1.95. The predicted molar refractivity (Wildman–Crippen MR) is 75.9 cm³/mol. The Morgan fingerprint density at radius 1 is 1.10 bits per heavy atom. The van der Waals surface area contributed by atoms with Gasteiger partial charge in [-0.05, 0) is 31.2 Å². The molecule has 0 saturated carbocycles. The first-order chi connectivity index (χ1) is 9.72. The quantitative estimate of drug-likeness (QED) is 0.858. The van der Waals surface area contributed by atoms with Crippen LogP contribution in [0.2, 0.25) is 0 Å². The standard InChI is InChI=1S/C16H19NO3/c1-11-16(19-12(2)17-11)13-3-5-14(6-4-13)20-15-7-9-18-10-8-15/h3-6,15H,7-10H2,1-2H3. The fourth-order valence-corrected chi connectivity index (χ4v) is 2.47. The molecule has 0 amide bonds. The van der Waals surface area contributed by atoms with Crippen molar-refractivity contribution >= 4 is 0 Å². The largest absolute Gasteiger partial charge is 0.490 e. The summed E-state index contributed by atoms with van der Waals surface area (Å²) < 4.78 is 16.9. The van der Waals surface area contributed by atoms with E-state index in [0.29, 0.717) is 5.89 Å². The van der Waals surface area contributed by atoms with Crippen molar-refractivity contribution in [1.82, 2.24) is 4.98 Å². The van der Waals surface area contributed by atoms with Gasteiger partial charge < -0.3 is 13.9 Å². The van der Waals surface area contributed by atoms with Crippen molar-refractivity contribution in [2.75, 3.05) is 13.2 Å². The van der Waals surface area contributed by atoms with Crippen molar-refractivity contribution in [3.63, 3.8) is 0 Å². The van der Waals surface area contributed by atoms with Crippen molar-refractivity contribution in [2.45, 2.75) is 32.8 Å². The number of benzene rings is 1. The van der Waals surface area contributed by atoms with Crippen LogP contribution in [-0.4, -0.2) is 24.3 Å². The first-order valence-corrected chi connectivity index (χ1v) is 7.01. The van der Waals surface area contributed by atoms with Crippen LogP contribution in [-0.2, 0) is 4.74 Å². The highest BCUT2D eigenvalue weighted by atomic mass is 16.5. The third-order valence-electron chi connectivity index (χ3n) is 3.49. The lowest BCUT2D eigenvalue weighted by molar-refractivity contribution is 0.0256. The number of hydrogen-bond donors (Lipinski definition) is 0. The SMILES string of the molecule is Cc1nc(C)c(-c2ccc(OC3CCOCC3)cc2)o1. The lowest BCUT2D eigenvalue weighted by Crippen LogP contribution is -2.25. The van der Waals surface area contributed by atoms with Gasteiger partial charge >= 0.3 is 0 Å². The van der Waals surface area contributed by atoms with Gasteiger partial charge in [0.05, 0.1) is 18.9 Å². The monoisotopic (exact) mass is 273 g/mol. The predicted octanol–water partition coefficient (Wildman–Crippen LogP) is 3.52. The number of rotatable bonds is 3. The van der Waals surface area contributed by atoms with Crippen molar-refractivity contribution in [1.29, 1.82) is 0 Å². The van der Waals surface area contributed by atoms with E-state index in [9.17, 15) is 0 Å². The van der Waals surface area contributed by atoms with E-state index in [1.54, 1.807) is 0 Å². The van der Waals surface area contributed by atoms with Crippen LogP contribution in [0.3, 0.4) is 0 Å². The summed E-state index contributed by atoms with van der Waals surface area (Å²) in [4.78, 5) is 4.29. The zero-order chi connectivity index (χ0) is 13.9. The molecule has 0 atom stereocenters. The average Bonchev–Trinajstić information content (AvgIpc) is 2.80. The smallest absolute Gasteiger partial charge is 0.192 e. The van der Waals surface area contributed by atoms with Crippen LogP contribution in [0.15, 0.2) is 28.7 Å². The molecule has 1 aromatic heterocycles. The molecule has 1 aliphatic rings. The Bertz CT molecular complexity index is 568. The van der Waals surface area contributed by atoms with Gasteiger partial charge in [-0.3, -0.25) is 0 Å². The summed E-state index contributed by atoms with van der Waals surface area (Å²) in [5.74, 6) is 2.43. The normalized spacial score (nSPS) is 16.3. The molecule has 1 fully saturated rings. The van der Waals surface area contributed by atoms with Gasteiger partial charge in [0.1, 0.15) is 11.9 Å². The van der Waals surface area contributed by atoms with Gasteiger partial charge in [0, 0.05) is 25.3 Å².